The van der Waals surface area contributed by atoms with Crippen molar-refractivity contribution in [1.82, 2.24) is 9.29 Å². The molecule has 0 radical (unpaired) electrons. The molecule has 1 aromatic heterocycles. The molecule has 0 aliphatic carbocycles. The van der Waals surface area contributed by atoms with Crippen molar-refractivity contribution in [2.24, 2.45) is 5.10 Å². The zero-order valence-corrected chi connectivity index (χ0v) is 24.9. The molecular formula is C30H31N5O4S2. The molecule has 9 nitrogen and oxygen atoms in total. The van der Waals surface area contributed by atoms with Gasteiger partial charge in [0.25, 0.3) is 5.69 Å². The molecule has 0 fully saturated rings. The van der Waals surface area contributed by atoms with Crippen LogP contribution in [0.25, 0.3) is 11.3 Å². The Bertz CT molecular complexity index is 1730. The van der Waals surface area contributed by atoms with Crippen molar-refractivity contribution >= 4 is 37.9 Å². The van der Waals surface area contributed by atoms with Crippen LogP contribution in [0.1, 0.15) is 48.6 Å². The molecule has 1 aliphatic heterocycles. The summed E-state index contributed by atoms with van der Waals surface area (Å²) >= 11 is 1.42. The number of non-ortho nitro benzene ring substituents is 1. The van der Waals surface area contributed by atoms with Gasteiger partial charge in [-0.05, 0) is 43.2 Å². The molecule has 2 heterocycles. The second-order valence-electron chi connectivity index (χ2n) is 9.91. The van der Waals surface area contributed by atoms with Crippen LogP contribution in [0.15, 0.2) is 82.1 Å². The van der Waals surface area contributed by atoms with Gasteiger partial charge in [-0.15, -0.1) is 11.3 Å². The number of hydrazone groups is 1. The van der Waals surface area contributed by atoms with E-state index in [1.54, 1.807) is 36.4 Å². The summed E-state index contributed by atoms with van der Waals surface area (Å²) in [7, 11) is -3.55. The van der Waals surface area contributed by atoms with E-state index in [-0.39, 0.29) is 21.5 Å². The molecule has 0 saturated carbocycles. The van der Waals surface area contributed by atoms with Gasteiger partial charge in [0.2, 0.25) is 15.2 Å². The standard InChI is InChI=1S/C30H31N5O4S2/c1-5-33(6-2)41(38,39)25-14-12-22(13-15-25)28-19-40-30(31-28)34-29(23-8-7-9-24(17-23)35(36)37)18-27(32-34)26-16-20(3)10-11-21(26)4/h7-17,19,29H,5-6,18H2,1-4H3/t29-/m1/s1. The van der Waals surface area contributed by atoms with Gasteiger partial charge in [0.1, 0.15) is 0 Å². The van der Waals surface area contributed by atoms with Crippen LogP contribution >= 0.6 is 11.3 Å². The molecule has 0 bridgehead atoms. The van der Waals surface area contributed by atoms with Crippen molar-refractivity contribution in [3.63, 3.8) is 0 Å². The summed E-state index contributed by atoms with van der Waals surface area (Å²) in [5.74, 6) is 0. The maximum Gasteiger partial charge on any atom is 0.269 e. The van der Waals surface area contributed by atoms with Gasteiger partial charge in [-0.3, -0.25) is 10.1 Å². The van der Waals surface area contributed by atoms with Gasteiger partial charge in [-0.1, -0.05) is 55.8 Å². The fourth-order valence-corrected chi connectivity index (χ4v) is 7.30. The summed E-state index contributed by atoms with van der Waals surface area (Å²) in [6.07, 6.45) is 0.568. The molecule has 4 aromatic rings. The number of nitro benzene ring substituents is 1. The Hall–Kier alpha value is -3.93. The molecule has 0 spiro atoms. The topological polar surface area (TPSA) is 109 Å². The predicted octanol–water partition coefficient (Wildman–Crippen LogP) is 6.72. The van der Waals surface area contributed by atoms with Crippen LogP contribution in [0.2, 0.25) is 0 Å². The highest BCUT2D eigenvalue weighted by Crippen LogP contribution is 2.40. The summed E-state index contributed by atoms with van der Waals surface area (Å²) < 4.78 is 27.2. The lowest BCUT2D eigenvalue weighted by Gasteiger charge is -2.21. The summed E-state index contributed by atoms with van der Waals surface area (Å²) in [5.41, 5.74) is 6.47. The van der Waals surface area contributed by atoms with Gasteiger partial charge in [-0.2, -0.15) is 9.41 Å². The largest absolute Gasteiger partial charge is 0.269 e. The van der Waals surface area contributed by atoms with E-state index in [1.165, 1.54) is 21.7 Å². The van der Waals surface area contributed by atoms with E-state index in [0.717, 1.165) is 33.5 Å². The van der Waals surface area contributed by atoms with Gasteiger partial charge in [0.05, 0.1) is 27.3 Å². The number of thiazole rings is 1. The average molecular weight is 590 g/mol. The Morgan fingerprint density at radius 1 is 1.05 bits per heavy atom. The van der Waals surface area contributed by atoms with Crippen LogP contribution < -0.4 is 5.01 Å². The second-order valence-corrected chi connectivity index (χ2v) is 12.7. The van der Waals surface area contributed by atoms with Crippen LogP contribution in [0.4, 0.5) is 10.8 Å². The third-order valence-electron chi connectivity index (χ3n) is 7.26. The number of nitrogens with zero attached hydrogens (tertiary/aromatic N) is 5. The van der Waals surface area contributed by atoms with Crippen molar-refractivity contribution < 1.29 is 13.3 Å². The van der Waals surface area contributed by atoms with Gasteiger partial charge in [0, 0.05) is 48.2 Å². The Kier molecular flexibility index (Phi) is 8.03. The lowest BCUT2D eigenvalue weighted by atomic mass is 9.95. The van der Waals surface area contributed by atoms with Crippen molar-refractivity contribution in [2.45, 2.75) is 45.1 Å². The van der Waals surface area contributed by atoms with E-state index in [4.69, 9.17) is 10.1 Å². The first kappa shape index (κ1) is 28.6. The summed E-state index contributed by atoms with van der Waals surface area (Å²) in [4.78, 5) is 16.2. The smallest absolute Gasteiger partial charge is 0.258 e. The van der Waals surface area contributed by atoms with Crippen LogP contribution in [0.3, 0.4) is 0 Å². The molecule has 0 amide bonds. The fraction of sp³-hybridized carbons (Fsp3) is 0.267. The zero-order chi connectivity index (χ0) is 29.3. The van der Waals surface area contributed by atoms with Crippen LogP contribution in [0, 0.1) is 24.0 Å². The third-order valence-corrected chi connectivity index (χ3v) is 10.2. The number of nitro groups is 1. The van der Waals surface area contributed by atoms with Crippen molar-refractivity contribution in [2.75, 3.05) is 18.1 Å². The van der Waals surface area contributed by atoms with Gasteiger partial charge in [-0.25, -0.2) is 18.4 Å². The van der Waals surface area contributed by atoms with E-state index in [2.05, 4.69) is 18.2 Å². The maximum absolute atomic E-state index is 12.9. The summed E-state index contributed by atoms with van der Waals surface area (Å²) in [5, 5.41) is 20.9. The molecule has 0 unspecified atom stereocenters. The number of hydrogen-bond donors (Lipinski definition) is 0. The molecule has 11 heteroatoms. The Balaban J connectivity index is 1.51. The van der Waals surface area contributed by atoms with E-state index < -0.39 is 10.0 Å². The van der Waals surface area contributed by atoms with Crippen LogP contribution in [0.5, 0.6) is 0 Å². The van der Waals surface area contributed by atoms with E-state index in [1.807, 2.05) is 44.2 Å². The summed E-state index contributed by atoms with van der Waals surface area (Å²) in [6, 6.07) is 19.4. The lowest BCUT2D eigenvalue weighted by Crippen LogP contribution is -2.30. The predicted molar refractivity (Wildman–Crippen MR) is 163 cm³/mol. The summed E-state index contributed by atoms with van der Waals surface area (Å²) in [6.45, 7) is 8.54. The minimum atomic E-state index is -3.55. The highest BCUT2D eigenvalue weighted by atomic mass is 32.2. The van der Waals surface area contributed by atoms with Crippen molar-refractivity contribution in [3.05, 3.63) is 104 Å². The number of aryl methyl sites for hydroxylation is 2. The molecular weight excluding hydrogens is 558 g/mol. The Labute approximate surface area is 244 Å². The third kappa shape index (κ3) is 5.65. The first-order chi connectivity index (χ1) is 19.6. The molecule has 1 atom stereocenters. The maximum atomic E-state index is 12.9. The SMILES string of the molecule is CCN(CC)S(=O)(=O)c1ccc(-c2csc(N3N=C(c4cc(C)ccc4C)C[C@@H]3c3cccc([N+](=O)[O-])c3)n2)cc1. The molecule has 3 aromatic carbocycles. The van der Waals surface area contributed by atoms with Crippen LogP contribution in [-0.2, 0) is 10.0 Å². The second kappa shape index (κ2) is 11.5. The van der Waals surface area contributed by atoms with E-state index in [0.29, 0.717) is 30.3 Å². The van der Waals surface area contributed by atoms with E-state index in [9.17, 15) is 18.5 Å². The fourth-order valence-electron chi connectivity index (χ4n) is 5.01. The number of aromatic nitrogens is 1. The van der Waals surface area contributed by atoms with Crippen molar-refractivity contribution in [3.8, 4) is 11.3 Å². The molecule has 41 heavy (non-hydrogen) atoms. The van der Waals surface area contributed by atoms with Gasteiger partial charge < -0.3 is 0 Å². The normalized spacial score (nSPS) is 15.4. The van der Waals surface area contributed by atoms with Crippen molar-refractivity contribution in [1.29, 1.82) is 0 Å². The first-order valence-electron chi connectivity index (χ1n) is 13.4. The number of rotatable bonds is 9. The molecule has 0 saturated heterocycles. The zero-order valence-electron chi connectivity index (χ0n) is 23.3. The molecule has 5 rings (SSSR count). The highest BCUT2D eigenvalue weighted by molar-refractivity contribution is 7.89. The van der Waals surface area contributed by atoms with E-state index >= 15 is 0 Å². The average Bonchev–Trinajstić information content (AvgIpc) is 3.63. The molecule has 0 N–H and O–H groups in total. The molecule has 212 valence electrons. The minimum absolute atomic E-state index is 0.0298. The number of sulfonamides is 1. The van der Waals surface area contributed by atoms with Gasteiger partial charge >= 0.3 is 0 Å². The monoisotopic (exact) mass is 589 g/mol. The Morgan fingerprint density at radius 3 is 2.46 bits per heavy atom. The minimum Gasteiger partial charge on any atom is -0.258 e. The Morgan fingerprint density at radius 2 is 1.78 bits per heavy atom. The number of benzene rings is 3. The first-order valence-corrected chi connectivity index (χ1v) is 15.7. The van der Waals surface area contributed by atoms with Crippen LogP contribution in [-0.4, -0.2) is 41.4 Å². The highest BCUT2D eigenvalue weighted by Gasteiger charge is 2.33. The number of anilines is 1. The molecule has 1 aliphatic rings. The quantitative estimate of drug-likeness (QED) is 0.158. The number of hydrogen-bond acceptors (Lipinski definition) is 8. The lowest BCUT2D eigenvalue weighted by molar-refractivity contribution is -0.384. The van der Waals surface area contributed by atoms with Gasteiger partial charge in [0.15, 0.2) is 0 Å².